The fraction of sp³-hybridized carbons (Fsp3) is 0.231. The summed E-state index contributed by atoms with van der Waals surface area (Å²) in [5.74, 6) is -3.39. The lowest BCUT2D eigenvalue weighted by atomic mass is 10.2. The standard InChI is InChI=1S/C13H9F5O7S/c1-2-9(19)24-8-5-3-4-7(6-8)10(20)25-11(12(14,15)16)13(17,18)26(21,22)23/h2-6,11H,1H2,(H,21,22,23)/p-1. The number of rotatable bonds is 6. The maximum Gasteiger partial charge on any atom is 0.432 e. The molecule has 1 atom stereocenters. The molecule has 0 amide bonds. The molecule has 1 unspecified atom stereocenters. The summed E-state index contributed by atoms with van der Waals surface area (Å²) >= 11 is 0. The van der Waals surface area contributed by atoms with E-state index < -0.39 is 45.2 Å². The summed E-state index contributed by atoms with van der Waals surface area (Å²) in [5.41, 5.74) is -0.785. The topological polar surface area (TPSA) is 110 Å². The van der Waals surface area contributed by atoms with Gasteiger partial charge in [0.15, 0.2) is 10.1 Å². The Hall–Kier alpha value is -2.54. The fourth-order valence-electron chi connectivity index (χ4n) is 1.48. The van der Waals surface area contributed by atoms with Gasteiger partial charge in [-0.3, -0.25) is 0 Å². The highest BCUT2D eigenvalue weighted by molar-refractivity contribution is 7.86. The average molecular weight is 403 g/mol. The summed E-state index contributed by atoms with van der Waals surface area (Å²) in [6, 6.07) is 3.58. The molecule has 0 spiro atoms. The zero-order chi connectivity index (χ0) is 20.3. The molecule has 0 aliphatic heterocycles. The van der Waals surface area contributed by atoms with Gasteiger partial charge in [0, 0.05) is 6.08 Å². The van der Waals surface area contributed by atoms with E-state index in [1.54, 1.807) is 0 Å². The van der Waals surface area contributed by atoms with E-state index in [1.165, 1.54) is 0 Å². The Labute approximate surface area is 142 Å². The molecule has 26 heavy (non-hydrogen) atoms. The second kappa shape index (κ2) is 7.37. The highest BCUT2D eigenvalue weighted by Gasteiger charge is 2.63. The summed E-state index contributed by atoms with van der Waals surface area (Å²) < 4.78 is 104. The van der Waals surface area contributed by atoms with Crippen molar-refractivity contribution in [3.63, 3.8) is 0 Å². The van der Waals surface area contributed by atoms with Crippen molar-refractivity contribution in [3.8, 4) is 5.75 Å². The van der Waals surface area contributed by atoms with E-state index in [-0.39, 0.29) is 5.75 Å². The van der Waals surface area contributed by atoms with E-state index in [2.05, 4.69) is 16.1 Å². The number of carbonyl (C=O) groups excluding carboxylic acids is 2. The predicted octanol–water partition coefficient (Wildman–Crippen LogP) is 2.00. The molecule has 0 bridgehead atoms. The van der Waals surface area contributed by atoms with Gasteiger partial charge < -0.3 is 14.0 Å². The van der Waals surface area contributed by atoms with Gasteiger partial charge >= 0.3 is 23.4 Å². The van der Waals surface area contributed by atoms with Gasteiger partial charge in [0.1, 0.15) is 5.75 Å². The van der Waals surface area contributed by atoms with Crippen LogP contribution in [-0.4, -0.2) is 42.4 Å². The van der Waals surface area contributed by atoms with Crippen molar-refractivity contribution in [2.24, 2.45) is 0 Å². The minimum atomic E-state index is -6.80. The van der Waals surface area contributed by atoms with Crippen molar-refractivity contribution < 1.29 is 54.0 Å². The Morgan fingerprint density at radius 3 is 2.23 bits per heavy atom. The summed E-state index contributed by atoms with van der Waals surface area (Å²) in [5, 5.41) is -5.96. The van der Waals surface area contributed by atoms with Crippen molar-refractivity contribution in [2.75, 3.05) is 0 Å². The largest absolute Gasteiger partial charge is 0.743 e. The number of alkyl halides is 5. The molecule has 0 radical (unpaired) electrons. The van der Waals surface area contributed by atoms with E-state index in [9.17, 15) is 44.5 Å². The first kappa shape index (κ1) is 21.5. The summed E-state index contributed by atoms with van der Waals surface area (Å²) in [7, 11) is -6.80. The zero-order valence-corrected chi connectivity index (χ0v) is 13.1. The normalized spacial score (nSPS) is 13.6. The van der Waals surface area contributed by atoms with Crippen LogP contribution in [0.3, 0.4) is 0 Å². The van der Waals surface area contributed by atoms with Crippen molar-refractivity contribution in [3.05, 3.63) is 42.5 Å². The molecule has 13 heteroatoms. The average Bonchev–Trinajstić information content (AvgIpc) is 2.50. The third-order valence-corrected chi connectivity index (χ3v) is 3.50. The molecule has 0 heterocycles. The lowest BCUT2D eigenvalue weighted by molar-refractivity contribution is -0.248. The monoisotopic (exact) mass is 403 g/mol. The van der Waals surface area contributed by atoms with Crippen LogP contribution in [0.15, 0.2) is 36.9 Å². The van der Waals surface area contributed by atoms with E-state index in [1.807, 2.05) is 0 Å². The Morgan fingerprint density at radius 2 is 1.77 bits per heavy atom. The Kier molecular flexibility index (Phi) is 6.10. The van der Waals surface area contributed by atoms with Gasteiger partial charge in [-0.15, -0.1) is 0 Å². The van der Waals surface area contributed by atoms with Crippen LogP contribution in [0.25, 0.3) is 0 Å². The van der Waals surface area contributed by atoms with Gasteiger partial charge in [0.2, 0.25) is 0 Å². The Morgan fingerprint density at radius 1 is 1.19 bits per heavy atom. The Balaban J connectivity index is 3.18. The molecule has 1 aromatic rings. The molecule has 0 fully saturated rings. The van der Waals surface area contributed by atoms with Crippen LogP contribution < -0.4 is 4.74 Å². The highest BCUT2D eigenvalue weighted by atomic mass is 32.2. The maximum absolute atomic E-state index is 13.3. The molecule has 1 aromatic carbocycles. The molecule has 0 aromatic heterocycles. The number of ether oxygens (including phenoxy) is 2. The second-order valence-electron chi connectivity index (χ2n) is 4.50. The van der Waals surface area contributed by atoms with Crippen LogP contribution >= 0.6 is 0 Å². The summed E-state index contributed by atoms with van der Waals surface area (Å²) in [6.07, 6.45) is -9.88. The number of halogens is 5. The van der Waals surface area contributed by atoms with E-state index >= 15 is 0 Å². The quantitative estimate of drug-likeness (QED) is 0.235. The third-order valence-electron chi connectivity index (χ3n) is 2.62. The first-order valence-electron chi connectivity index (χ1n) is 6.25. The highest BCUT2D eigenvalue weighted by Crippen LogP contribution is 2.38. The minimum Gasteiger partial charge on any atom is -0.743 e. The predicted molar refractivity (Wildman–Crippen MR) is 72.2 cm³/mol. The van der Waals surface area contributed by atoms with E-state index in [0.29, 0.717) is 6.07 Å². The van der Waals surface area contributed by atoms with Gasteiger partial charge in [-0.25, -0.2) is 18.0 Å². The van der Waals surface area contributed by atoms with Gasteiger partial charge in [-0.05, 0) is 18.2 Å². The summed E-state index contributed by atoms with van der Waals surface area (Å²) in [6.45, 7) is 3.07. The fourth-order valence-corrected chi connectivity index (χ4v) is 1.92. The molecular formula is C13H8F5O7S-. The van der Waals surface area contributed by atoms with Crippen LogP contribution in [0, 0.1) is 0 Å². The number of carbonyl (C=O) groups is 2. The van der Waals surface area contributed by atoms with Crippen LogP contribution in [0.5, 0.6) is 5.75 Å². The van der Waals surface area contributed by atoms with E-state index in [0.717, 1.165) is 24.3 Å². The zero-order valence-electron chi connectivity index (χ0n) is 12.3. The number of hydrogen-bond donors (Lipinski definition) is 0. The van der Waals surface area contributed by atoms with Crippen molar-refractivity contribution in [2.45, 2.75) is 17.5 Å². The van der Waals surface area contributed by atoms with Gasteiger partial charge in [-0.1, -0.05) is 12.6 Å². The van der Waals surface area contributed by atoms with Crippen molar-refractivity contribution >= 4 is 22.1 Å². The molecule has 7 nitrogen and oxygen atoms in total. The Bertz CT molecular complexity index is 816. The van der Waals surface area contributed by atoms with E-state index in [4.69, 9.17) is 0 Å². The first-order chi connectivity index (χ1) is 11.7. The smallest absolute Gasteiger partial charge is 0.432 e. The molecule has 0 saturated heterocycles. The molecular weight excluding hydrogens is 395 g/mol. The SMILES string of the molecule is C=CC(=O)Oc1cccc(C(=O)OC(C(F)(F)F)C(F)(F)S(=O)(=O)[O-])c1. The number of hydrogen-bond acceptors (Lipinski definition) is 7. The van der Waals surface area contributed by atoms with Crippen LogP contribution in [0.2, 0.25) is 0 Å². The molecule has 0 aliphatic rings. The molecule has 0 N–H and O–H groups in total. The lowest BCUT2D eigenvalue weighted by Crippen LogP contribution is -2.52. The lowest BCUT2D eigenvalue weighted by Gasteiger charge is -2.29. The van der Waals surface area contributed by atoms with Gasteiger partial charge in [-0.2, -0.15) is 22.0 Å². The van der Waals surface area contributed by atoms with Crippen LogP contribution in [0.1, 0.15) is 10.4 Å². The van der Waals surface area contributed by atoms with Gasteiger partial charge in [0.05, 0.1) is 5.56 Å². The minimum absolute atomic E-state index is 0.365. The molecule has 0 saturated carbocycles. The molecule has 1 rings (SSSR count). The van der Waals surface area contributed by atoms with Crippen LogP contribution in [-0.2, 0) is 19.6 Å². The number of esters is 2. The summed E-state index contributed by atoms with van der Waals surface area (Å²) in [4.78, 5) is 22.7. The maximum atomic E-state index is 13.3. The first-order valence-corrected chi connectivity index (χ1v) is 7.66. The van der Waals surface area contributed by atoms with Crippen molar-refractivity contribution in [1.82, 2.24) is 0 Å². The second-order valence-corrected chi connectivity index (χ2v) is 5.95. The van der Waals surface area contributed by atoms with Crippen LogP contribution in [0.4, 0.5) is 22.0 Å². The van der Waals surface area contributed by atoms with Gasteiger partial charge in [0.25, 0.3) is 6.10 Å². The third kappa shape index (κ3) is 4.98. The molecule has 0 aliphatic carbocycles. The molecule has 144 valence electrons. The number of benzene rings is 1. The van der Waals surface area contributed by atoms with Crippen molar-refractivity contribution in [1.29, 1.82) is 0 Å².